The van der Waals surface area contributed by atoms with Crippen LogP contribution in [0.25, 0.3) is 22.4 Å². The lowest BCUT2D eigenvalue weighted by Gasteiger charge is -2.07. The van der Waals surface area contributed by atoms with Crippen LogP contribution in [0.15, 0.2) is 66.9 Å². The number of fused-ring (bicyclic) bond motifs is 1. The lowest BCUT2D eigenvalue weighted by atomic mass is 10.2. The van der Waals surface area contributed by atoms with Gasteiger partial charge in [-0.3, -0.25) is 4.79 Å². The number of rotatable bonds is 3. The van der Waals surface area contributed by atoms with Crippen molar-refractivity contribution in [1.82, 2.24) is 14.5 Å². The molecule has 0 unspecified atom stereocenters. The number of para-hydroxylation sites is 2. The van der Waals surface area contributed by atoms with Gasteiger partial charge in [-0.1, -0.05) is 23.7 Å². The lowest BCUT2D eigenvalue weighted by molar-refractivity contribution is 0.102. The Balaban J connectivity index is 1.57. The van der Waals surface area contributed by atoms with Crippen LogP contribution in [0.2, 0.25) is 5.15 Å². The second-order valence-corrected chi connectivity index (χ2v) is 6.27. The smallest absolute Gasteiger partial charge is 0.257 e. The van der Waals surface area contributed by atoms with E-state index in [1.54, 1.807) is 12.1 Å². The molecule has 6 heteroatoms. The first kappa shape index (κ1) is 16.3. The van der Waals surface area contributed by atoms with E-state index in [4.69, 9.17) is 11.6 Å². The number of aromatic nitrogens is 3. The molecular weight excluding hydrogens is 348 g/mol. The Morgan fingerprint density at radius 2 is 1.81 bits per heavy atom. The summed E-state index contributed by atoms with van der Waals surface area (Å²) in [5, 5.41) is 3.20. The van der Waals surface area contributed by atoms with Crippen molar-refractivity contribution in [3.8, 4) is 11.4 Å². The van der Waals surface area contributed by atoms with Crippen LogP contribution in [-0.2, 0) is 7.05 Å². The molecule has 0 radical (unpaired) electrons. The van der Waals surface area contributed by atoms with Gasteiger partial charge in [0.2, 0.25) is 0 Å². The molecule has 2 heterocycles. The van der Waals surface area contributed by atoms with Gasteiger partial charge in [0.1, 0.15) is 11.0 Å². The van der Waals surface area contributed by atoms with Crippen LogP contribution in [0.3, 0.4) is 0 Å². The van der Waals surface area contributed by atoms with Crippen molar-refractivity contribution >= 4 is 34.2 Å². The Morgan fingerprint density at radius 3 is 2.50 bits per heavy atom. The van der Waals surface area contributed by atoms with Gasteiger partial charge in [0.05, 0.1) is 16.6 Å². The van der Waals surface area contributed by atoms with Gasteiger partial charge in [-0.25, -0.2) is 9.97 Å². The molecule has 0 bridgehead atoms. The van der Waals surface area contributed by atoms with Crippen LogP contribution < -0.4 is 5.32 Å². The summed E-state index contributed by atoms with van der Waals surface area (Å²) in [6.45, 7) is 0. The lowest BCUT2D eigenvalue weighted by Crippen LogP contribution is -2.12. The highest BCUT2D eigenvalue weighted by atomic mass is 35.5. The number of anilines is 1. The second-order valence-electron chi connectivity index (χ2n) is 5.88. The normalized spacial score (nSPS) is 10.8. The van der Waals surface area contributed by atoms with Crippen molar-refractivity contribution < 1.29 is 4.79 Å². The summed E-state index contributed by atoms with van der Waals surface area (Å²) in [4.78, 5) is 20.8. The average molecular weight is 363 g/mol. The zero-order chi connectivity index (χ0) is 18.1. The van der Waals surface area contributed by atoms with E-state index in [0.717, 1.165) is 22.4 Å². The molecule has 0 fully saturated rings. The quantitative estimate of drug-likeness (QED) is 0.544. The fourth-order valence-electron chi connectivity index (χ4n) is 2.82. The molecule has 2 aromatic heterocycles. The molecule has 5 nitrogen and oxygen atoms in total. The SMILES string of the molecule is Cn1c(-c2ccc(NC(=O)c3ccc(Cl)nc3)cc2)nc2ccccc21. The summed E-state index contributed by atoms with van der Waals surface area (Å²) >= 11 is 5.74. The van der Waals surface area contributed by atoms with Gasteiger partial charge in [0.25, 0.3) is 5.91 Å². The first-order valence-corrected chi connectivity index (χ1v) is 8.44. The Hall–Kier alpha value is -3.18. The minimum Gasteiger partial charge on any atom is -0.327 e. The van der Waals surface area contributed by atoms with Crippen LogP contribution in [0.4, 0.5) is 5.69 Å². The average Bonchev–Trinajstić information content (AvgIpc) is 3.00. The van der Waals surface area contributed by atoms with Crippen LogP contribution in [-0.4, -0.2) is 20.4 Å². The van der Waals surface area contributed by atoms with Crippen molar-refractivity contribution in [1.29, 1.82) is 0 Å². The fraction of sp³-hybridized carbons (Fsp3) is 0.0500. The molecular formula is C20H15ClN4O. The van der Waals surface area contributed by atoms with Gasteiger partial charge < -0.3 is 9.88 Å². The van der Waals surface area contributed by atoms with Crippen molar-refractivity contribution in [3.05, 3.63) is 77.6 Å². The molecule has 4 rings (SSSR count). The number of pyridine rings is 1. The first-order valence-electron chi connectivity index (χ1n) is 8.06. The minimum atomic E-state index is -0.232. The molecule has 0 atom stereocenters. The number of carbonyl (C=O) groups excluding carboxylic acids is 1. The molecule has 1 amide bonds. The molecule has 0 saturated carbocycles. The second kappa shape index (κ2) is 6.61. The number of nitrogens with zero attached hydrogens (tertiary/aromatic N) is 3. The van der Waals surface area contributed by atoms with Crippen molar-refractivity contribution in [2.45, 2.75) is 0 Å². The van der Waals surface area contributed by atoms with E-state index in [0.29, 0.717) is 16.4 Å². The number of hydrogen-bond acceptors (Lipinski definition) is 3. The maximum atomic E-state index is 12.2. The standard InChI is InChI=1S/C20H15ClN4O/c1-25-17-5-3-2-4-16(17)24-19(25)13-6-9-15(10-7-13)23-20(26)14-8-11-18(21)22-12-14/h2-12H,1H3,(H,23,26). The van der Waals surface area contributed by atoms with E-state index in [9.17, 15) is 4.79 Å². The molecule has 0 spiro atoms. The number of halogens is 1. The molecule has 0 aliphatic carbocycles. The van der Waals surface area contributed by atoms with Crippen molar-refractivity contribution in [2.24, 2.45) is 7.05 Å². The number of nitrogens with one attached hydrogen (secondary N) is 1. The van der Waals surface area contributed by atoms with Crippen molar-refractivity contribution in [3.63, 3.8) is 0 Å². The minimum absolute atomic E-state index is 0.232. The Bertz CT molecular complexity index is 1090. The molecule has 1 N–H and O–H groups in total. The van der Waals surface area contributed by atoms with E-state index in [2.05, 4.69) is 19.9 Å². The van der Waals surface area contributed by atoms with E-state index >= 15 is 0 Å². The number of benzene rings is 2. The van der Waals surface area contributed by atoms with Crippen molar-refractivity contribution in [2.75, 3.05) is 5.32 Å². The zero-order valence-electron chi connectivity index (χ0n) is 14.0. The van der Waals surface area contributed by atoms with Crippen LogP contribution in [0, 0.1) is 0 Å². The van der Waals surface area contributed by atoms with Gasteiger partial charge in [0.15, 0.2) is 0 Å². The predicted molar refractivity (Wildman–Crippen MR) is 103 cm³/mol. The number of amides is 1. The number of imidazole rings is 1. The molecule has 0 aliphatic rings. The number of aryl methyl sites for hydroxylation is 1. The third-order valence-electron chi connectivity index (χ3n) is 4.18. The monoisotopic (exact) mass is 362 g/mol. The highest BCUT2D eigenvalue weighted by Crippen LogP contribution is 2.24. The summed E-state index contributed by atoms with van der Waals surface area (Å²) in [7, 11) is 1.99. The Morgan fingerprint density at radius 1 is 1.04 bits per heavy atom. The van der Waals surface area contributed by atoms with E-state index < -0.39 is 0 Å². The summed E-state index contributed by atoms with van der Waals surface area (Å²) < 4.78 is 2.06. The van der Waals surface area contributed by atoms with Crippen LogP contribution in [0.5, 0.6) is 0 Å². The van der Waals surface area contributed by atoms with Crippen LogP contribution in [0.1, 0.15) is 10.4 Å². The highest BCUT2D eigenvalue weighted by Gasteiger charge is 2.10. The van der Waals surface area contributed by atoms with E-state index in [-0.39, 0.29) is 5.91 Å². The van der Waals surface area contributed by atoms with Gasteiger partial charge >= 0.3 is 0 Å². The van der Waals surface area contributed by atoms with Gasteiger partial charge in [0, 0.05) is 24.5 Å². The summed E-state index contributed by atoms with van der Waals surface area (Å²) in [6.07, 6.45) is 1.45. The molecule has 26 heavy (non-hydrogen) atoms. The Kier molecular flexibility index (Phi) is 4.14. The van der Waals surface area contributed by atoms with Crippen LogP contribution >= 0.6 is 11.6 Å². The summed E-state index contributed by atoms with van der Waals surface area (Å²) in [5.41, 5.74) is 4.17. The van der Waals surface area contributed by atoms with Gasteiger partial charge in [-0.05, 0) is 48.5 Å². The van der Waals surface area contributed by atoms with E-state index in [1.807, 2.05) is 55.6 Å². The maximum Gasteiger partial charge on any atom is 0.257 e. The van der Waals surface area contributed by atoms with Gasteiger partial charge in [-0.2, -0.15) is 0 Å². The predicted octanol–water partition coefficient (Wildman–Crippen LogP) is 4.54. The molecule has 2 aromatic carbocycles. The largest absolute Gasteiger partial charge is 0.327 e. The van der Waals surface area contributed by atoms with Gasteiger partial charge in [-0.15, -0.1) is 0 Å². The number of hydrogen-bond donors (Lipinski definition) is 1. The molecule has 4 aromatic rings. The zero-order valence-corrected chi connectivity index (χ0v) is 14.7. The third-order valence-corrected chi connectivity index (χ3v) is 4.40. The molecule has 128 valence electrons. The maximum absolute atomic E-state index is 12.2. The summed E-state index contributed by atoms with van der Waals surface area (Å²) in [6, 6.07) is 18.8. The fourth-order valence-corrected chi connectivity index (χ4v) is 2.93. The number of carbonyl (C=O) groups is 1. The topological polar surface area (TPSA) is 59.8 Å². The summed E-state index contributed by atoms with van der Waals surface area (Å²) in [5.74, 6) is 0.649. The molecule has 0 aliphatic heterocycles. The Labute approximate surface area is 155 Å². The van der Waals surface area contributed by atoms with E-state index in [1.165, 1.54) is 6.20 Å². The first-order chi connectivity index (χ1) is 12.6. The highest BCUT2D eigenvalue weighted by molar-refractivity contribution is 6.29. The molecule has 0 saturated heterocycles. The third kappa shape index (κ3) is 3.05.